The molecule has 1 fully saturated rings. The molecule has 1 aliphatic rings. The molecule has 1 saturated heterocycles. The van der Waals surface area contributed by atoms with Crippen molar-refractivity contribution in [3.63, 3.8) is 0 Å². The van der Waals surface area contributed by atoms with Crippen LogP contribution in [-0.4, -0.2) is 53.5 Å². The Morgan fingerprint density at radius 1 is 0.731 bits per heavy atom. The maximum atomic E-state index is 13.7. The predicted molar refractivity (Wildman–Crippen MR) is 204 cm³/mol. The van der Waals surface area contributed by atoms with Crippen molar-refractivity contribution in [2.24, 2.45) is 0 Å². The van der Waals surface area contributed by atoms with E-state index in [1.165, 1.54) is 12.1 Å². The SMILES string of the molecule is CCN(C(=O)c1c(C)cc(-c2ccc(OCc3ccc(OC4CCN(C(=O)c5ccc(C)cc5)CC4)cc3)cc2)cc1C)c1ccc(C(=O)O)cc1. The molecule has 0 radical (unpaired) electrons. The zero-order valence-corrected chi connectivity index (χ0v) is 30.1. The van der Waals surface area contributed by atoms with Crippen LogP contribution in [0.1, 0.15) is 73.1 Å². The standard InChI is InChI=1S/C44H44N2O6/c1-5-46(37-16-12-35(13-17-37)44(49)50)43(48)41-30(3)26-36(27-31(41)4)33-14-20-38(21-15-33)51-28-32-8-18-39(19-9-32)52-40-22-24-45(25-23-40)42(47)34-10-6-29(2)7-11-34/h6-21,26-27,40H,5,22-25,28H2,1-4H3,(H,49,50). The van der Waals surface area contributed by atoms with Crippen LogP contribution in [0.3, 0.4) is 0 Å². The summed E-state index contributed by atoms with van der Waals surface area (Å²) in [4.78, 5) is 41.4. The summed E-state index contributed by atoms with van der Waals surface area (Å²) in [5.41, 5.74) is 8.13. The molecule has 52 heavy (non-hydrogen) atoms. The first-order valence-electron chi connectivity index (χ1n) is 17.7. The van der Waals surface area contributed by atoms with E-state index < -0.39 is 5.97 Å². The van der Waals surface area contributed by atoms with Gasteiger partial charge in [0.15, 0.2) is 0 Å². The normalized spacial score (nSPS) is 13.0. The largest absolute Gasteiger partial charge is 0.490 e. The van der Waals surface area contributed by atoms with E-state index in [1.54, 1.807) is 17.0 Å². The lowest BCUT2D eigenvalue weighted by Crippen LogP contribution is -2.41. The van der Waals surface area contributed by atoms with E-state index in [4.69, 9.17) is 9.47 Å². The maximum absolute atomic E-state index is 13.7. The highest BCUT2D eigenvalue weighted by Gasteiger charge is 2.25. The number of hydrogen-bond acceptors (Lipinski definition) is 5. The van der Waals surface area contributed by atoms with Crippen LogP contribution in [0.25, 0.3) is 11.1 Å². The molecule has 0 aliphatic carbocycles. The van der Waals surface area contributed by atoms with Gasteiger partial charge in [-0.1, -0.05) is 54.1 Å². The van der Waals surface area contributed by atoms with E-state index in [9.17, 15) is 19.5 Å². The number of hydrogen-bond donors (Lipinski definition) is 1. The zero-order valence-electron chi connectivity index (χ0n) is 30.1. The fraction of sp³-hybridized carbons (Fsp3) is 0.250. The van der Waals surface area contributed by atoms with Crippen LogP contribution in [-0.2, 0) is 6.61 Å². The number of ether oxygens (including phenoxy) is 2. The van der Waals surface area contributed by atoms with Gasteiger partial charge in [0.1, 0.15) is 24.2 Å². The van der Waals surface area contributed by atoms with Crippen molar-refractivity contribution in [2.45, 2.75) is 53.2 Å². The lowest BCUT2D eigenvalue weighted by Gasteiger charge is -2.32. The second-order valence-corrected chi connectivity index (χ2v) is 13.3. The molecule has 2 amide bonds. The monoisotopic (exact) mass is 696 g/mol. The molecular weight excluding hydrogens is 652 g/mol. The van der Waals surface area contributed by atoms with Crippen LogP contribution in [0.2, 0.25) is 0 Å². The summed E-state index contributed by atoms with van der Waals surface area (Å²) in [6.07, 6.45) is 1.66. The van der Waals surface area contributed by atoms with Gasteiger partial charge in [0.2, 0.25) is 0 Å². The van der Waals surface area contributed by atoms with Gasteiger partial charge in [-0.15, -0.1) is 0 Å². The Morgan fingerprint density at radius 2 is 1.31 bits per heavy atom. The quantitative estimate of drug-likeness (QED) is 0.148. The van der Waals surface area contributed by atoms with Crippen LogP contribution in [0.4, 0.5) is 5.69 Å². The maximum Gasteiger partial charge on any atom is 0.335 e. The van der Waals surface area contributed by atoms with Gasteiger partial charge in [-0.05, 0) is 116 Å². The number of anilines is 1. The van der Waals surface area contributed by atoms with E-state index in [2.05, 4.69) is 0 Å². The Balaban J connectivity index is 1.01. The summed E-state index contributed by atoms with van der Waals surface area (Å²) in [5.74, 6) is 0.519. The van der Waals surface area contributed by atoms with Gasteiger partial charge in [-0.3, -0.25) is 9.59 Å². The Morgan fingerprint density at radius 3 is 1.88 bits per heavy atom. The summed E-state index contributed by atoms with van der Waals surface area (Å²) in [6.45, 7) is 10.0. The van der Waals surface area contributed by atoms with Crippen LogP contribution >= 0.6 is 0 Å². The fourth-order valence-electron chi connectivity index (χ4n) is 6.65. The Hall–Kier alpha value is -5.89. The highest BCUT2D eigenvalue weighted by molar-refractivity contribution is 6.08. The first-order chi connectivity index (χ1) is 25.1. The van der Waals surface area contributed by atoms with Gasteiger partial charge < -0.3 is 24.4 Å². The molecule has 0 unspecified atom stereocenters. The Kier molecular flexibility index (Phi) is 11.0. The number of nitrogens with zero attached hydrogens (tertiary/aromatic N) is 2. The molecular formula is C44H44N2O6. The topological polar surface area (TPSA) is 96.4 Å². The fourth-order valence-corrected chi connectivity index (χ4v) is 6.65. The number of carbonyl (C=O) groups is 3. The summed E-state index contributed by atoms with van der Waals surface area (Å²) >= 11 is 0. The van der Waals surface area contributed by atoms with Crippen LogP contribution in [0.5, 0.6) is 11.5 Å². The summed E-state index contributed by atoms with van der Waals surface area (Å²) < 4.78 is 12.3. The molecule has 0 saturated carbocycles. The molecule has 6 rings (SSSR count). The number of likely N-dealkylation sites (tertiary alicyclic amines) is 1. The number of benzene rings is 5. The second kappa shape index (κ2) is 16.0. The summed E-state index contributed by atoms with van der Waals surface area (Å²) in [5, 5.41) is 9.23. The first-order valence-corrected chi connectivity index (χ1v) is 17.7. The Labute approximate surface area is 305 Å². The Bertz CT molecular complexity index is 2010. The minimum absolute atomic E-state index is 0.0722. The molecule has 8 nitrogen and oxygen atoms in total. The van der Waals surface area contributed by atoms with Gasteiger partial charge in [0.05, 0.1) is 5.56 Å². The highest BCUT2D eigenvalue weighted by atomic mass is 16.5. The average molecular weight is 697 g/mol. The number of aryl methyl sites for hydroxylation is 3. The smallest absolute Gasteiger partial charge is 0.335 e. The zero-order chi connectivity index (χ0) is 36.8. The number of amides is 2. The molecule has 0 aromatic heterocycles. The number of carboxylic acids is 1. The van der Waals surface area contributed by atoms with Crippen molar-refractivity contribution >= 4 is 23.5 Å². The third-order valence-electron chi connectivity index (χ3n) is 9.58. The minimum atomic E-state index is -1.00. The number of carbonyl (C=O) groups excluding carboxylic acids is 2. The van der Waals surface area contributed by atoms with Crippen molar-refractivity contribution < 1.29 is 29.0 Å². The van der Waals surface area contributed by atoms with Gasteiger partial charge in [0, 0.05) is 49.3 Å². The number of aromatic carboxylic acids is 1. The van der Waals surface area contributed by atoms with E-state index in [0.717, 1.165) is 63.3 Å². The van der Waals surface area contributed by atoms with Crippen LogP contribution in [0, 0.1) is 20.8 Å². The molecule has 1 aliphatic heterocycles. The third-order valence-corrected chi connectivity index (χ3v) is 9.58. The van der Waals surface area contributed by atoms with Crippen LogP contribution < -0.4 is 14.4 Å². The lowest BCUT2D eigenvalue weighted by atomic mass is 9.94. The summed E-state index contributed by atoms with van der Waals surface area (Å²) in [7, 11) is 0. The number of piperidine rings is 1. The molecule has 0 atom stereocenters. The minimum Gasteiger partial charge on any atom is -0.490 e. The summed E-state index contributed by atoms with van der Waals surface area (Å²) in [6, 6.07) is 34.1. The molecule has 266 valence electrons. The predicted octanol–water partition coefficient (Wildman–Crippen LogP) is 8.91. The van der Waals surface area contributed by atoms with E-state index >= 15 is 0 Å². The van der Waals surface area contributed by atoms with E-state index in [-0.39, 0.29) is 23.5 Å². The van der Waals surface area contributed by atoms with Gasteiger partial charge in [-0.25, -0.2) is 4.79 Å². The van der Waals surface area contributed by atoms with Crippen molar-refractivity contribution in [2.75, 3.05) is 24.5 Å². The second-order valence-electron chi connectivity index (χ2n) is 13.3. The van der Waals surface area contributed by atoms with Gasteiger partial charge in [-0.2, -0.15) is 0 Å². The van der Waals surface area contributed by atoms with Crippen molar-refractivity contribution in [1.82, 2.24) is 4.90 Å². The van der Waals surface area contributed by atoms with Crippen molar-refractivity contribution in [3.05, 3.63) is 148 Å². The van der Waals surface area contributed by atoms with E-state index in [1.807, 2.05) is 118 Å². The van der Waals surface area contributed by atoms with Crippen molar-refractivity contribution in [1.29, 1.82) is 0 Å². The molecule has 1 N–H and O–H groups in total. The lowest BCUT2D eigenvalue weighted by molar-refractivity contribution is 0.0594. The molecule has 5 aromatic carbocycles. The average Bonchev–Trinajstić information content (AvgIpc) is 3.15. The number of carboxylic acid groups (broad SMARTS) is 1. The first kappa shape index (κ1) is 35.9. The number of rotatable bonds is 11. The third kappa shape index (κ3) is 8.35. The molecule has 0 spiro atoms. The van der Waals surface area contributed by atoms with Crippen molar-refractivity contribution in [3.8, 4) is 22.6 Å². The van der Waals surface area contributed by atoms with E-state index in [0.29, 0.717) is 37.5 Å². The van der Waals surface area contributed by atoms with Crippen LogP contribution in [0.15, 0.2) is 109 Å². The highest BCUT2D eigenvalue weighted by Crippen LogP contribution is 2.30. The molecule has 8 heteroatoms. The molecule has 1 heterocycles. The van der Waals surface area contributed by atoms with Gasteiger partial charge in [0.25, 0.3) is 11.8 Å². The molecule has 5 aromatic rings. The molecule has 0 bridgehead atoms. The van der Waals surface area contributed by atoms with Gasteiger partial charge >= 0.3 is 5.97 Å².